The van der Waals surface area contributed by atoms with Crippen molar-refractivity contribution in [2.24, 2.45) is 14.1 Å². The Hall–Kier alpha value is -1.58. The minimum Gasteiger partial charge on any atom is -0.237 e. The summed E-state index contributed by atoms with van der Waals surface area (Å²) in [4.78, 5) is 0. The zero-order valence-electron chi connectivity index (χ0n) is 14.8. The van der Waals surface area contributed by atoms with Crippen LogP contribution in [0.5, 0.6) is 0 Å². The second-order valence-electron chi connectivity index (χ2n) is 6.24. The van der Waals surface area contributed by atoms with Crippen molar-refractivity contribution >= 4 is 0 Å². The first-order valence-electron chi connectivity index (χ1n) is 8.74. The summed E-state index contributed by atoms with van der Waals surface area (Å²) in [7, 11) is 4.30. The maximum Gasteiger partial charge on any atom is 0.256 e. The van der Waals surface area contributed by atoms with Crippen LogP contribution in [0.1, 0.15) is 51.2 Å². The predicted octanol–water partition coefficient (Wildman–Crippen LogP) is 2.32. The van der Waals surface area contributed by atoms with E-state index in [0.29, 0.717) is 0 Å². The fourth-order valence-electron chi connectivity index (χ4n) is 3.17. The van der Waals surface area contributed by atoms with E-state index in [4.69, 9.17) is 0 Å². The Morgan fingerprint density at radius 2 is 1.18 bits per heavy atom. The molecule has 0 radical (unpaired) electrons. The summed E-state index contributed by atoms with van der Waals surface area (Å²) in [6.07, 6.45) is 16.0. The summed E-state index contributed by atoms with van der Waals surface area (Å²) in [6, 6.07) is 0. The summed E-state index contributed by atoms with van der Waals surface area (Å²) >= 11 is 0. The minimum atomic E-state index is 1.13. The molecule has 2 aromatic heterocycles. The molecular weight excluding hydrogens is 272 g/mol. The van der Waals surface area contributed by atoms with Gasteiger partial charge in [0.25, 0.3) is 11.6 Å². The molecule has 0 unspecified atom stereocenters. The molecule has 2 heterocycles. The monoisotopic (exact) mass is 304 g/mol. The summed E-state index contributed by atoms with van der Waals surface area (Å²) in [5.41, 5.74) is 0. The molecule has 0 aromatic carbocycles. The van der Waals surface area contributed by atoms with Crippen molar-refractivity contribution in [1.29, 1.82) is 0 Å². The Morgan fingerprint density at radius 3 is 1.55 bits per heavy atom. The number of rotatable bonds is 9. The van der Waals surface area contributed by atoms with Crippen molar-refractivity contribution in [3.05, 3.63) is 36.4 Å². The van der Waals surface area contributed by atoms with Crippen LogP contribution in [-0.4, -0.2) is 9.13 Å². The molecule has 4 heteroatoms. The molecule has 2 rings (SSSR count). The third-order valence-corrected chi connectivity index (χ3v) is 4.41. The van der Waals surface area contributed by atoms with Gasteiger partial charge in [0.1, 0.15) is 24.8 Å². The van der Waals surface area contributed by atoms with E-state index in [-0.39, 0.29) is 0 Å². The standard InChI is InChI=1S/C18H32N4/c1-5-9-17-19(3)13-15-21(17)11-7-8-12-22-16-14-20(4)18(22)10-6-2/h13-16H,5-12H2,1-4H3/q+2. The van der Waals surface area contributed by atoms with Gasteiger partial charge in [0, 0.05) is 12.8 Å². The molecule has 0 amide bonds. The third kappa shape index (κ3) is 3.99. The first kappa shape index (κ1) is 16.8. The van der Waals surface area contributed by atoms with Gasteiger partial charge < -0.3 is 0 Å². The third-order valence-electron chi connectivity index (χ3n) is 4.41. The number of hydrogen-bond donors (Lipinski definition) is 0. The molecule has 22 heavy (non-hydrogen) atoms. The Morgan fingerprint density at radius 1 is 0.773 bits per heavy atom. The number of hydrogen-bond acceptors (Lipinski definition) is 0. The van der Waals surface area contributed by atoms with Gasteiger partial charge >= 0.3 is 0 Å². The van der Waals surface area contributed by atoms with Gasteiger partial charge in [-0.15, -0.1) is 0 Å². The maximum atomic E-state index is 2.42. The molecule has 122 valence electrons. The van der Waals surface area contributed by atoms with Crippen molar-refractivity contribution < 1.29 is 9.13 Å². The van der Waals surface area contributed by atoms with E-state index in [1.165, 1.54) is 37.3 Å². The van der Waals surface area contributed by atoms with Crippen LogP contribution in [0.2, 0.25) is 0 Å². The maximum absolute atomic E-state index is 2.42. The molecule has 4 nitrogen and oxygen atoms in total. The Balaban J connectivity index is 1.85. The lowest BCUT2D eigenvalue weighted by molar-refractivity contribution is -0.714. The van der Waals surface area contributed by atoms with Gasteiger partial charge in [0.05, 0.1) is 27.2 Å². The van der Waals surface area contributed by atoms with Crippen molar-refractivity contribution in [1.82, 2.24) is 9.13 Å². The zero-order chi connectivity index (χ0) is 15.9. The van der Waals surface area contributed by atoms with Crippen molar-refractivity contribution in [2.75, 3.05) is 0 Å². The van der Waals surface area contributed by atoms with Crippen LogP contribution in [-0.2, 0) is 40.0 Å². The average molecular weight is 304 g/mol. The largest absolute Gasteiger partial charge is 0.256 e. The summed E-state index contributed by atoms with van der Waals surface area (Å²) in [5.74, 6) is 2.89. The van der Waals surface area contributed by atoms with Gasteiger partial charge in [0.2, 0.25) is 0 Å². The van der Waals surface area contributed by atoms with Crippen LogP contribution in [0.3, 0.4) is 0 Å². The van der Waals surface area contributed by atoms with E-state index in [1.54, 1.807) is 0 Å². The lowest BCUT2D eigenvalue weighted by Gasteiger charge is -2.03. The number of imidazole rings is 2. The lowest BCUT2D eigenvalue weighted by Crippen LogP contribution is -2.39. The van der Waals surface area contributed by atoms with Gasteiger partial charge in [-0.05, 0) is 25.7 Å². The van der Waals surface area contributed by atoms with Gasteiger partial charge in [-0.25, -0.2) is 18.3 Å². The molecule has 0 aliphatic rings. The molecule has 0 N–H and O–H groups in total. The fraction of sp³-hybridized carbons (Fsp3) is 0.667. The summed E-state index contributed by atoms with van der Waals surface area (Å²) in [6.45, 7) is 6.76. The molecule has 0 saturated heterocycles. The van der Waals surface area contributed by atoms with E-state index in [0.717, 1.165) is 25.9 Å². The topological polar surface area (TPSA) is 17.6 Å². The highest BCUT2D eigenvalue weighted by Gasteiger charge is 2.15. The summed E-state index contributed by atoms with van der Waals surface area (Å²) < 4.78 is 9.36. The van der Waals surface area contributed by atoms with Crippen LogP contribution in [0.4, 0.5) is 0 Å². The number of aromatic nitrogens is 4. The van der Waals surface area contributed by atoms with Crippen molar-refractivity contribution in [2.45, 2.75) is 65.5 Å². The number of aryl methyl sites for hydroxylation is 4. The normalized spacial score (nSPS) is 11.3. The molecule has 0 bridgehead atoms. The van der Waals surface area contributed by atoms with E-state index >= 15 is 0 Å². The van der Waals surface area contributed by atoms with E-state index in [2.05, 4.69) is 71.0 Å². The minimum absolute atomic E-state index is 1.13. The molecule has 0 atom stereocenters. The van der Waals surface area contributed by atoms with Gasteiger partial charge in [-0.2, -0.15) is 0 Å². The number of unbranched alkanes of at least 4 members (excludes halogenated alkanes) is 1. The molecule has 2 aromatic rings. The first-order chi connectivity index (χ1) is 10.7. The average Bonchev–Trinajstić information content (AvgIpc) is 3.02. The van der Waals surface area contributed by atoms with Crippen LogP contribution >= 0.6 is 0 Å². The molecule has 0 fully saturated rings. The van der Waals surface area contributed by atoms with E-state index < -0.39 is 0 Å². The van der Waals surface area contributed by atoms with Crippen LogP contribution < -0.4 is 9.13 Å². The molecular formula is C18H32N4+2. The van der Waals surface area contributed by atoms with Gasteiger partial charge in [-0.1, -0.05) is 13.8 Å². The van der Waals surface area contributed by atoms with Crippen molar-refractivity contribution in [3.63, 3.8) is 0 Å². The Kier molecular flexibility index (Phi) is 6.22. The molecule has 0 spiro atoms. The molecule has 0 aliphatic heterocycles. The zero-order valence-corrected chi connectivity index (χ0v) is 14.8. The smallest absolute Gasteiger partial charge is 0.237 e. The highest BCUT2D eigenvalue weighted by atomic mass is 15.1. The highest BCUT2D eigenvalue weighted by molar-refractivity contribution is 4.82. The van der Waals surface area contributed by atoms with Gasteiger partial charge in [-0.3, -0.25) is 0 Å². The Bertz CT molecular complexity index is 528. The Labute approximate surface area is 135 Å². The number of nitrogens with zero attached hydrogens (tertiary/aromatic N) is 4. The molecule has 0 saturated carbocycles. The lowest BCUT2D eigenvalue weighted by atomic mass is 10.2. The predicted molar refractivity (Wildman–Crippen MR) is 88.4 cm³/mol. The first-order valence-corrected chi connectivity index (χ1v) is 8.74. The van der Waals surface area contributed by atoms with E-state index in [9.17, 15) is 0 Å². The fourth-order valence-corrected chi connectivity index (χ4v) is 3.17. The highest BCUT2D eigenvalue weighted by Crippen LogP contribution is 2.01. The summed E-state index contributed by atoms with van der Waals surface area (Å²) in [5, 5.41) is 0. The second kappa shape index (κ2) is 8.16. The van der Waals surface area contributed by atoms with Crippen LogP contribution in [0.15, 0.2) is 24.8 Å². The van der Waals surface area contributed by atoms with Gasteiger partial charge in [0.15, 0.2) is 0 Å². The van der Waals surface area contributed by atoms with Crippen LogP contribution in [0, 0.1) is 0 Å². The van der Waals surface area contributed by atoms with Crippen LogP contribution in [0.25, 0.3) is 0 Å². The SMILES string of the molecule is CCCc1n(C)cc[n+]1CCCC[n+]1ccn(C)c1CCC. The molecule has 0 aliphatic carbocycles. The second-order valence-corrected chi connectivity index (χ2v) is 6.24. The van der Waals surface area contributed by atoms with E-state index in [1.807, 2.05) is 0 Å². The quantitative estimate of drug-likeness (QED) is 0.500. The van der Waals surface area contributed by atoms with Crippen molar-refractivity contribution in [3.8, 4) is 0 Å².